The van der Waals surface area contributed by atoms with E-state index in [1.165, 1.54) is 4.57 Å². The molecule has 1 aliphatic rings. The minimum Gasteiger partial charge on any atom is -0.367 e. The van der Waals surface area contributed by atoms with E-state index < -0.39 is 0 Å². The monoisotopic (exact) mass is 338 g/mol. The van der Waals surface area contributed by atoms with E-state index in [0.717, 1.165) is 37.7 Å². The summed E-state index contributed by atoms with van der Waals surface area (Å²) < 4.78 is 1.46. The summed E-state index contributed by atoms with van der Waals surface area (Å²) in [4.78, 5) is 20.3. The maximum Gasteiger partial charge on any atom is 0.255 e. The summed E-state index contributed by atoms with van der Waals surface area (Å²) >= 11 is 12.3. The Kier molecular flexibility index (Phi) is 4.27. The maximum absolute atomic E-state index is 11.7. The third kappa shape index (κ3) is 2.91. The van der Waals surface area contributed by atoms with Crippen molar-refractivity contribution in [1.29, 1.82) is 0 Å². The Morgan fingerprint density at radius 1 is 1.09 bits per heavy atom. The summed E-state index contributed by atoms with van der Waals surface area (Å²) in [6.45, 7) is 3.17. The number of nitrogens with zero attached hydrogens (tertiary/aromatic N) is 4. The molecule has 1 saturated heterocycles. The summed E-state index contributed by atoms with van der Waals surface area (Å²) in [5.41, 5.74) is 0.899. The Hall–Kier alpha value is -1.72. The molecule has 3 rings (SSSR count). The lowest BCUT2D eigenvalue weighted by molar-refractivity contribution is 0.643. The number of anilines is 2. The van der Waals surface area contributed by atoms with Gasteiger partial charge >= 0.3 is 0 Å². The van der Waals surface area contributed by atoms with Gasteiger partial charge in [0.15, 0.2) is 0 Å². The molecule has 116 valence electrons. The van der Waals surface area contributed by atoms with Crippen LogP contribution in [0, 0.1) is 0 Å². The fourth-order valence-corrected chi connectivity index (χ4v) is 2.95. The van der Waals surface area contributed by atoms with E-state index in [2.05, 4.69) is 14.8 Å². The second kappa shape index (κ2) is 6.18. The molecule has 1 aromatic carbocycles. The number of hydrogen-bond acceptors (Lipinski definition) is 4. The van der Waals surface area contributed by atoms with Crippen molar-refractivity contribution in [2.45, 2.75) is 0 Å². The van der Waals surface area contributed by atoms with Crippen LogP contribution in [0.25, 0.3) is 0 Å². The lowest BCUT2D eigenvalue weighted by Gasteiger charge is -2.37. The lowest BCUT2D eigenvalue weighted by Crippen LogP contribution is -2.47. The molecule has 1 aromatic heterocycles. The maximum atomic E-state index is 11.7. The summed E-state index contributed by atoms with van der Waals surface area (Å²) in [7, 11) is 1.69. The van der Waals surface area contributed by atoms with E-state index in [4.69, 9.17) is 23.2 Å². The summed E-state index contributed by atoms with van der Waals surface area (Å²) in [6, 6.07) is 7.23. The highest BCUT2D eigenvalue weighted by Crippen LogP contribution is 2.33. The molecule has 0 bridgehead atoms. The third-order valence-corrected chi connectivity index (χ3v) is 4.65. The predicted octanol–water partition coefficient (Wildman–Crippen LogP) is 2.41. The molecule has 0 unspecified atom stereocenters. The Labute approximate surface area is 138 Å². The summed E-state index contributed by atoms with van der Waals surface area (Å²) in [5, 5.41) is 1.15. The zero-order valence-corrected chi connectivity index (χ0v) is 13.7. The molecule has 0 amide bonds. The van der Waals surface area contributed by atoms with Crippen LogP contribution in [-0.4, -0.2) is 35.7 Å². The Morgan fingerprint density at radius 3 is 2.45 bits per heavy atom. The van der Waals surface area contributed by atoms with Gasteiger partial charge in [-0.15, -0.1) is 0 Å². The molecular weight excluding hydrogens is 323 g/mol. The van der Waals surface area contributed by atoms with E-state index in [1.54, 1.807) is 25.5 Å². The van der Waals surface area contributed by atoms with Gasteiger partial charge in [0.1, 0.15) is 5.82 Å². The van der Waals surface area contributed by atoms with Gasteiger partial charge in [-0.25, -0.2) is 4.98 Å². The van der Waals surface area contributed by atoms with E-state index in [-0.39, 0.29) is 5.56 Å². The van der Waals surface area contributed by atoms with Gasteiger partial charge < -0.3 is 14.4 Å². The largest absolute Gasteiger partial charge is 0.367 e. The quantitative estimate of drug-likeness (QED) is 0.843. The van der Waals surface area contributed by atoms with Gasteiger partial charge in [0.25, 0.3) is 5.56 Å². The SMILES string of the molecule is Cn1cnc(N2CCN(c3cccc(Cl)c3Cl)CC2)cc1=O. The van der Waals surface area contributed by atoms with Crippen molar-refractivity contribution in [3.05, 3.63) is 51.0 Å². The fraction of sp³-hybridized carbons (Fsp3) is 0.333. The number of hydrogen-bond donors (Lipinski definition) is 0. The van der Waals surface area contributed by atoms with Crippen LogP contribution in [0.15, 0.2) is 35.4 Å². The highest BCUT2D eigenvalue weighted by atomic mass is 35.5. The van der Waals surface area contributed by atoms with Gasteiger partial charge in [-0.1, -0.05) is 29.3 Å². The molecule has 0 aliphatic carbocycles. The van der Waals surface area contributed by atoms with E-state index >= 15 is 0 Å². The van der Waals surface area contributed by atoms with Crippen molar-refractivity contribution in [2.75, 3.05) is 36.0 Å². The van der Waals surface area contributed by atoms with Crippen molar-refractivity contribution in [2.24, 2.45) is 7.05 Å². The van der Waals surface area contributed by atoms with Crippen LogP contribution < -0.4 is 15.4 Å². The average molecular weight is 339 g/mol. The number of piperazine rings is 1. The molecule has 5 nitrogen and oxygen atoms in total. The minimum atomic E-state index is -0.0506. The molecule has 7 heteroatoms. The number of rotatable bonds is 2. The summed E-state index contributed by atoms with van der Waals surface area (Å²) in [5.74, 6) is 0.722. The van der Waals surface area contributed by atoms with E-state index in [0.29, 0.717) is 10.0 Å². The van der Waals surface area contributed by atoms with Crippen LogP contribution >= 0.6 is 23.2 Å². The molecule has 0 radical (unpaired) electrons. The van der Waals surface area contributed by atoms with Crippen LogP contribution in [0.2, 0.25) is 10.0 Å². The van der Waals surface area contributed by atoms with Crippen LogP contribution in [-0.2, 0) is 7.05 Å². The lowest BCUT2D eigenvalue weighted by atomic mass is 10.2. The molecule has 22 heavy (non-hydrogen) atoms. The molecule has 0 spiro atoms. The predicted molar refractivity (Wildman–Crippen MR) is 90.4 cm³/mol. The zero-order chi connectivity index (χ0) is 15.7. The highest BCUT2D eigenvalue weighted by Gasteiger charge is 2.20. The normalized spacial score (nSPS) is 15.2. The van der Waals surface area contributed by atoms with Gasteiger partial charge in [0, 0.05) is 39.3 Å². The van der Waals surface area contributed by atoms with Gasteiger partial charge in [0.05, 0.1) is 22.1 Å². The standard InChI is InChI=1S/C15H16Cl2N4O/c1-19-10-18-13(9-14(19)22)21-7-5-20(6-8-21)12-4-2-3-11(16)15(12)17/h2-4,9-10H,5-8H2,1H3. The molecule has 0 atom stereocenters. The second-order valence-corrected chi connectivity index (χ2v) is 6.03. The van der Waals surface area contributed by atoms with Gasteiger partial charge in [0.2, 0.25) is 0 Å². The number of halogens is 2. The molecule has 0 N–H and O–H groups in total. The van der Waals surface area contributed by atoms with Crippen LogP contribution in [0.3, 0.4) is 0 Å². The first kappa shape index (κ1) is 15.2. The van der Waals surface area contributed by atoms with Crippen molar-refractivity contribution in [3.8, 4) is 0 Å². The number of benzene rings is 1. The molecule has 1 aliphatic heterocycles. The van der Waals surface area contributed by atoms with Gasteiger partial charge in [-0.2, -0.15) is 0 Å². The Balaban J connectivity index is 1.73. The molecule has 0 saturated carbocycles. The second-order valence-electron chi connectivity index (χ2n) is 5.24. The smallest absolute Gasteiger partial charge is 0.255 e. The third-order valence-electron chi connectivity index (χ3n) is 3.84. The molecule has 1 fully saturated rings. The topological polar surface area (TPSA) is 41.4 Å². The van der Waals surface area contributed by atoms with E-state index in [9.17, 15) is 4.79 Å². The average Bonchev–Trinajstić information content (AvgIpc) is 2.53. The first-order valence-electron chi connectivity index (χ1n) is 7.03. The molecule has 2 aromatic rings. The number of aromatic nitrogens is 2. The molecular formula is C15H16Cl2N4O. The zero-order valence-electron chi connectivity index (χ0n) is 12.2. The minimum absolute atomic E-state index is 0.0506. The van der Waals surface area contributed by atoms with Gasteiger partial charge in [-0.3, -0.25) is 4.79 Å². The Morgan fingerprint density at radius 2 is 1.77 bits per heavy atom. The first-order valence-corrected chi connectivity index (χ1v) is 7.78. The summed E-state index contributed by atoms with van der Waals surface area (Å²) in [6.07, 6.45) is 1.55. The van der Waals surface area contributed by atoms with Gasteiger partial charge in [-0.05, 0) is 12.1 Å². The fourth-order valence-electron chi connectivity index (χ4n) is 2.54. The van der Waals surface area contributed by atoms with Crippen molar-refractivity contribution < 1.29 is 0 Å². The van der Waals surface area contributed by atoms with Crippen molar-refractivity contribution in [1.82, 2.24) is 9.55 Å². The van der Waals surface area contributed by atoms with Crippen molar-refractivity contribution in [3.63, 3.8) is 0 Å². The van der Waals surface area contributed by atoms with Crippen LogP contribution in [0.4, 0.5) is 11.5 Å². The van der Waals surface area contributed by atoms with Crippen molar-refractivity contribution >= 4 is 34.7 Å². The highest BCUT2D eigenvalue weighted by molar-refractivity contribution is 6.43. The Bertz CT molecular complexity index is 739. The van der Waals surface area contributed by atoms with E-state index in [1.807, 2.05) is 12.1 Å². The van der Waals surface area contributed by atoms with Crippen LogP contribution in [0.1, 0.15) is 0 Å². The number of aryl methyl sites for hydroxylation is 1. The molecule has 2 heterocycles. The van der Waals surface area contributed by atoms with Crippen LogP contribution in [0.5, 0.6) is 0 Å². The first-order chi connectivity index (χ1) is 10.6.